The topological polar surface area (TPSA) is 106 Å². The van der Waals surface area contributed by atoms with Crippen LogP contribution in [-0.2, 0) is 32.1 Å². The van der Waals surface area contributed by atoms with Gasteiger partial charge in [0.05, 0.1) is 18.6 Å². The third kappa shape index (κ3) is 10.6. The summed E-state index contributed by atoms with van der Waals surface area (Å²) >= 11 is 5.37. The van der Waals surface area contributed by atoms with E-state index < -0.39 is 24.1 Å². The largest absolute Gasteiger partial charge is 0.467 e. The van der Waals surface area contributed by atoms with E-state index in [9.17, 15) is 14.4 Å². The molecule has 0 aliphatic rings. The fourth-order valence-electron chi connectivity index (χ4n) is 3.33. The SMILES string of the molecule is COC(=O)[C@H](CC(C)C)NC(=O)[C@H](Cc1ccccc1)NC(=S)CNC(=O)OCc1ccccc1. The predicted molar refractivity (Wildman–Crippen MR) is 138 cm³/mol. The summed E-state index contributed by atoms with van der Waals surface area (Å²) in [7, 11) is 1.29. The van der Waals surface area contributed by atoms with Crippen LogP contribution in [0.15, 0.2) is 60.7 Å². The number of hydrogen-bond acceptors (Lipinski definition) is 6. The molecular weight excluding hydrogens is 466 g/mol. The number of esters is 1. The van der Waals surface area contributed by atoms with Crippen molar-refractivity contribution in [3.05, 3.63) is 71.8 Å². The van der Waals surface area contributed by atoms with Gasteiger partial charge in [-0.2, -0.15) is 0 Å². The molecule has 0 saturated heterocycles. The second-order valence-corrected chi connectivity index (χ2v) is 8.93. The Labute approximate surface area is 211 Å². The molecule has 0 aliphatic carbocycles. The number of nitrogens with one attached hydrogen (secondary N) is 3. The molecule has 2 aromatic rings. The molecule has 0 aromatic heterocycles. The van der Waals surface area contributed by atoms with Crippen molar-refractivity contribution in [2.75, 3.05) is 13.7 Å². The number of ether oxygens (including phenoxy) is 2. The summed E-state index contributed by atoms with van der Waals surface area (Å²) in [5, 5.41) is 8.37. The molecule has 2 amide bonds. The van der Waals surface area contributed by atoms with Crippen LogP contribution in [0.5, 0.6) is 0 Å². The van der Waals surface area contributed by atoms with Crippen LogP contribution in [0.2, 0.25) is 0 Å². The van der Waals surface area contributed by atoms with Crippen molar-refractivity contribution in [3.8, 4) is 0 Å². The lowest BCUT2D eigenvalue weighted by molar-refractivity contribution is -0.145. The summed E-state index contributed by atoms with van der Waals surface area (Å²) in [6.07, 6.45) is 0.154. The molecule has 9 heteroatoms. The number of benzene rings is 2. The van der Waals surface area contributed by atoms with Gasteiger partial charge < -0.3 is 25.4 Å². The minimum absolute atomic E-state index is 0.00600. The fourth-order valence-corrected chi connectivity index (χ4v) is 3.55. The first kappa shape index (κ1) is 27.8. The number of alkyl carbamates (subject to hydrolysis) is 1. The van der Waals surface area contributed by atoms with E-state index in [0.717, 1.165) is 11.1 Å². The lowest BCUT2D eigenvalue weighted by Gasteiger charge is -2.24. The van der Waals surface area contributed by atoms with E-state index in [2.05, 4.69) is 16.0 Å². The summed E-state index contributed by atoms with van der Waals surface area (Å²) in [5.74, 6) is -0.720. The highest BCUT2D eigenvalue weighted by Crippen LogP contribution is 2.09. The molecule has 3 N–H and O–H groups in total. The molecule has 2 atom stereocenters. The highest BCUT2D eigenvalue weighted by Gasteiger charge is 2.27. The molecular formula is C26H33N3O5S. The minimum atomic E-state index is -0.771. The van der Waals surface area contributed by atoms with E-state index in [1.54, 1.807) is 0 Å². The third-order valence-electron chi connectivity index (χ3n) is 5.05. The Morgan fingerprint density at radius 1 is 0.886 bits per heavy atom. The van der Waals surface area contributed by atoms with Crippen molar-refractivity contribution in [1.29, 1.82) is 0 Å². The summed E-state index contributed by atoms with van der Waals surface area (Å²) in [4.78, 5) is 37.6. The second-order valence-electron chi connectivity index (χ2n) is 8.44. The van der Waals surface area contributed by atoms with Crippen LogP contribution in [-0.4, -0.2) is 48.7 Å². The highest BCUT2D eigenvalue weighted by molar-refractivity contribution is 7.80. The second kappa shape index (κ2) is 14.7. The number of carbonyl (C=O) groups is 3. The number of rotatable bonds is 12. The van der Waals surface area contributed by atoms with Gasteiger partial charge in [0.15, 0.2) is 0 Å². The Morgan fingerprint density at radius 3 is 2.06 bits per heavy atom. The maximum atomic E-state index is 13.1. The summed E-state index contributed by atoms with van der Waals surface area (Å²) in [6.45, 7) is 4.05. The van der Waals surface area contributed by atoms with Crippen LogP contribution < -0.4 is 16.0 Å². The van der Waals surface area contributed by atoms with E-state index in [1.807, 2.05) is 74.5 Å². The fraction of sp³-hybridized carbons (Fsp3) is 0.385. The molecule has 0 aliphatic heterocycles. The normalized spacial score (nSPS) is 12.2. The molecule has 0 saturated carbocycles. The quantitative estimate of drug-likeness (QED) is 0.304. The number of amides is 2. The van der Waals surface area contributed by atoms with Gasteiger partial charge in [-0.3, -0.25) is 4.79 Å². The van der Waals surface area contributed by atoms with Crippen LogP contribution in [0.1, 0.15) is 31.4 Å². The van der Waals surface area contributed by atoms with Gasteiger partial charge in [0.2, 0.25) is 5.91 Å². The number of hydrogen-bond donors (Lipinski definition) is 3. The molecule has 2 aromatic carbocycles. The van der Waals surface area contributed by atoms with Crippen molar-refractivity contribution in [1.82, 2.24) is 16.0 Å². The molecule has 0 fully saturated rings. The third-order valence-corrected chi connectivity index (χ3v) is 5.31. The smallest absolute Gasteiger partial charge is 0.407 e. The predicted octanol–water partition coefficient (Wildman–Crippen LogP) is 3.15. The van der Waals surface area contributed by atoms with Crippen molar-refractivity contribution >= 4 is 35.2 Å². The van der Waals surface area contributed by atoms with Gasteiger partial charge in [-0.15, -0.1) is 0 Å². The zero-order valence-corrected chi connectivity index (χ0v) is 21.1. The van der Waals surface area contributed by atoms with Crippen LogP contribution in [0.25, 0.3) is 0 Å². The summed E-state index contributed by atoms with van der Waals surface area (Å²) < 4.78 is 10.0. The average molecular weight is 500 g/mol. The van der Waals surface area contributed by atoms with Crippen LogP contribution >= 0.6 is 12.2 Å². The van der Waals surface area contributed by atoms with Crippen LogP contribution in [0, 0.1) is 5.92 Å². The maximum Gasteiger partial charge on any atom is 0.407 e. The standard InChI is InChI=1S/C26H33N3O5S/c1-18(2)14-22(25(31)33-3)29-24(30)21(15-19-10-6-4-7-11-19)28-23(35)16-27-26(32)34-17-20-12-8-5-9-13-20/h4-13,18,21-22H,14-17H2,1-3H3,(H,27,32)(H,28,35)(H,29,30)/t21-,22-/m0/s1. The number of methoxy groups -OCH3 is 1. The first-order valence-corrected chi connectivity index (χ1v) is 11.8. The molecule has 0 heterocycles. The zero-order chi connectivity index (χ0) is 25.6. The van der Waals surface area contributed by atoms with Gasteiger partial charge in [0, 0.05) is 6.42 Å². The lowest BCUT2D eigenvalue weighted by atomic mass is 10.0. The molecule has 0 radical (unpaired) electrons. The van der Waals surface area contributed by atoms with E-state index in [0.29, 0.717) is 12.8 Å². The Kier molecular flexibility index (Phi) is 11.7. The summed E-state index contributed by atoms with van der Waals surface area (Å²) in [6, 6.07) is 17.2. The monoisotopic (exact) mass is 499 g/mol. The maximum absolute atomic E-state index is 13.1. The van der Waals surface area contributed by atoms with E-state index >= 15 is 0 Å². The first-order valence-electron chi connectivity index (χ1n) is 11.4. The average Bonchev–Trinajstić information content (AvgIpc) is 2.85. The molecule has 0 unspecified atom stereocenters. The van der Waals surface area contributed by atoms with E-state index in [1.165, 1.54) is 7.11 Å². The zero-order valence-electron chi connectivity index (χ0n) is 20.3. The van der Waals surface area contributed by atoms with Gasteiger partial charge in [0.1, 0.15) is 18.7 Å². The molecule has 2 rings (SSSR count). The van der Waals surface area contributed by atoms with E-state index in [-0.39, 0.29) is 30.0 Å². The van der Waals surface area contributed by atoms with Crippen molar-refractivity contribution in [2.24, 2.45) is 5.92 Å². The van der Waals surface area contributed by atoms with Crippen molar-refractivity contribution in [3.63, 3.8) is 0 Å². The lowest BCUT2D eigenvalue weighted by Crippen LogP contribution is -2.54. The van der Waals surface area contributed by atoms with Crippen LogP contribution in [0.3, 0.4) is 0 Å². The highest BCUT2D eigenvalue weighted by atomic mass is 32.1. The Bertz CT molecular complexity index is 969. The van der Waals surface area contributed by atoms with Gasteiger partial charge >= 0.3 is 12.1 Å². The van der Waals surface area contributed by atoms with Crippen molar-refractivity contribution in [2.45, 2.75) is 45.4 Å². The Balaban J connectivity index is 1.98. The van der Waals surface area contributed by atoms with Gasteiger partial charge in [0.25, 0.3) is 0 Å². The van der Waals surface area contributed by atoms with Gasteiger partial charge in [-0.1, -0.05) is 86.7 Å². The Morgan fingerprint density at radius 2 is 1.49 bits per heavy atom. The number of carbonyl (C=O) groups excluding carboxylic acids is 3. The molecule has 188 valence electrons. The molecule has 0 bridgehead atoms. The summed E-state index contributed by atoms with van der Waals surface area (Å²) in [5.41, 5.74) is 1.78. The van der Waals surface area contributed by atoms with Crippen LogP contribution in [0.4, 0.5) is 4.79 Å². The Hall–Kier alpha value is -3.46. The number of thiocarbonyl (C=S) groups is 1. The van der Waals surface area contributed by atoms with Gasteiger partial charge in [-0.25, -0.2) is 9.59 Å². The van der Waals surface area contributed by atoms with Crippen molar-refractivity contribution < 1.29 is 23.9 Å². The minimum Gasteiger partial charge on any atom is -0.467 e. The molecule has 35 heavy (non-hydrogen) atoms. The first-order chi connectivity index (χ1) is 16.8. The molecule has 0 spiro atoms. The molecule has 8 nitrogen and oxygen atoms in total. The van der Waals surface area contributed by atoms with E-state index in [4.69, 9.17) is 21.7 Å². The van der Waals surface area contributed by atoms with Gasteiger partial charge in [-0.05, 0) is 23.5 Å².